The molecule has 0 bridgehead atoms. The van der Waals surface area contributed by atoms with Crippen LogP contribution < -0.4 is 11.1 Å². The Bertz CT molecular complexity index is 377. The Morgan fingerprint density at radius 3 is 2.50 bits per heavy atom. The van der Waals surface area contributed by atoms with Crippen LogP contribution in [0.4, 0.5) is 0 Å². The number of nitrogens with zero attached hydrogens (tertiary/aromatic N) is 1. The number of nitrogens with two attached hydrogens (primary N) is 1. The van der Waals surface area contributed by atoms with E-state index in [2.05, 4.69) is 24.1 Å². The number of hydrogen-bond donors (Lipinski definition) is 2. The molecule has 0 spiro atoms. The van der Waals surface area contributed by atoms with E-state index in [-0.39, 0.29) is 5.91 Å². The van der Waals surface area contributed by atoms with Crippen molar-refractivity contribution in [3.05, 3.63) is 35.9 Å². The van der Waals surface area contributed by atoms with Gasteiger partial charge in [0, 0.05) is 6.54 Å². The second-order valence-corrected chi connectivity index (χ2v) is 4.97. The van der Waals surface area contributed by atoms with Gasteiger partial charge in [0.25, 0.3) is 0 Å². The second kappa shape index (κ2) is 9.50. The Morgan fingerprint density at radius 2 is 1.90 bits per heavy atom. The molecule has 0 saturated heterocycles. The molecule has 1 rings (SSSR count). The number of hydrogen-bond acceptors (Lipinski definition) is 3. The van der Waals surface area contributed by atoms with E-state index in [1.165, 1.54) is 0 Å². The summed E-state index contributed by atoms with van der Waals surface area (Å²) in [6.07, 6.45) is 1.55. The maximum atomic E-state index is 11.9. The zero-order chi connectivity index (χ0) is 14.8. The molecule has 0 aliphatic heterocycles. The van der Waals surface area contributed by atoms with Gasteiger partial charge in [-0.3, -0.25) is 4.79 Å². The highest BCUT2D eigenvalue weighted by molar-refractivity contribution is 5.81. The molecule has 1 aromatic rings. The predicted octanol–water partition coefficient (Wildman–Crippen LogP) is 1.40. The second-order valence-electron chi connectivity index (χ2n) is 4.97. The Morgan fingerprint density at radius 1 is 1.25 bits per heavy atom. The van der Waals surface area contributed by atoms with E-state index < -0.39 is 6.04 Å². The van der Waals surface area contributed by atoms with E-state index >= 15 is 0 Å². The summed E-state index contributed by atoms with van der Waals surface area (Å²) in [6.45, 7) is 8.12. The number of amides is 1. The fourth-order valence-electron chi connectivity index (χ4n) is 2.15. The molecule has 0 unspecified atom stereocenters. The fourth-order valence-corrected chi connectivity index (χ4v) is 2.15. The molecule has 1 aromatic carbocycles. The van der Waals surface area contributed by atoms with Crippen molar-refractivity contribution in [3.8, 4) is 0 Å². The monoisotopic (exact) mass is 277 g/mol. The average Bonchev–Trinajstić information content (AvgIpc) is 2.48. The van der Waals surface area contributed by atoms with Gasteiger partial charge in [-0.2, -0.15) is 0 Å². The third-order valence-corrected chi connectivity index (χ3v) is 3.48. The van der Waals surface area contributed by atoms with Crippen LogP contribution in [-0.4, -0.2) is 43.0 Å². The third kappa shape index (κ3) is 6.17. The van der Waals surface area contributed by atoms with Crippen LogP contribution in [0.25, 0.3) is 0 Å². The summed E-state index contributed by atoms with van der Waals surface area (Å²) in [4.78, 5) is 14.2. The summed E-state index contributed by atoms with van der Waals surface area (Å²) in [5.41, 5.74) is 7.02. The smallest absolute Gasteiger partial charge is 0.237 e. The van der Waals surface area contributed by atoms with E-state index in [1.54, 1.807) is 0 Å². The molecule has 4 heteroatoms. The molecule has 4 nitrogen and oxygen atoms in total. The van der Waals surface area contributed by atoms with Crippen molar-refractivity contribution in [2.45, 2.75) is 32.7 Å². The van der Waals surface area contributed by atoms with E-state index in [9.17, 15) is 4.79 Å². The largest absolute Gasteiger partial charge is 0.355 e. The van der Waals surface area contributed by atoms with Crippen LogP contribution in [0.2, 0.25) is 0 Å². The van der Waals surface area contributed by atoms with Gasteiger partial charge in [0.1, 0.15) is 0 Å². The normalized spacial score (nSPS) is 12.4. The van der Waals surface area contributed by atoms with Gasteiger partial charge in [-0.05, 0) is 38.0 Å². The van der Waals surface area contributed by atoms with Gasteiger partial charge in [0.05, 0.1) is 6.04 Å². The maximum Gasteiger partial charge on any atom is 0.237 e. The van der Waals surface area contributed by atoms with Crippen molar-refractivity contribution in [1.29, 1.82) is 0 Å². The quantitative estimate of drug-likeness (QED) is 0.671. The van der Waals surface area contributed by atoms with Crippen LogP contribution in [0.5, 0.6) is 0 Å². The molecule has 1 amide bonds. The Hall–Kier alpha value is -1.39. The van der Waals surface area contributed by atoms with Crippen LogP contribution in [0.15, 0.2) is 30.3 Å². The summed E-state index contributed by atoms with van der Waals surface area (Å²) in [7, 11) is 0. The number of carbonyl (C=O) groups is 1. The molecule has 0 fully saturated rings. The first-order valence-electron chi connectivity index (χ1n) is 7.47. The lowest BCUT2D eigenvalue weighted by Gasteiger charge is -2.18. The van der Waals surface area contributed by atoms with Gasteiger partial charge >= 0.3 is 0 Å². The van der Waals surface area contributed by atoms with E-state index in [4.69, 9.17) is 5.73 Å². The van der Waals surface area contributed by atoms with Gasteiger partial charge in [-0.25, -0.2) is 0 Å². The Kier molecular flexibility index (Phi) is 7.92. The summed E-state index contributed by atoms with van der Waals surface area (Å²) < 4.78 is 0. The first-order chi connectivity index (χ1) is 9.67. The van der Waals surface area contributed by atoms with Crippen molar-refractivity contribution < 1.29 is 4.79 Å². The van der Waals surface area contributed by atoms with Crippen LogP contribution in [0.1, 0.15) is 25.8 Å². The number of rotatable bonds is 9. The van der Waals surface area contributed by atoms with Crippen molar-refractivity contribution >= 4 is 5.91 Å². The molecular formula is C16H27N3O. The van der Waals surface area contributed by atoms with E-state index in [1.807, 2.05) is 30.3 Å². The molecule has 0 radical (unpaired) electrons. The van der Waals surface area contributed by atoms with Crippen molar-refractivity contribution in [3.63, 3.8) is 0 Å². The van der Waals surface area contributed by atoms with Gasteiger partial charge in [0.15, 0.2) is 0 Å². The van der Waals surface area contributed by atoms with E-state index in [0.29, 0.717) is 13.0 Å². The van der Waals surface area contributed by atoms with Crippen molar-refractivity contribution in [2.75, 3.05) is 26.2 Å². The summed E-state index contributed by atoms with van der Waals surface area (Å²) >= 11 is 0. The first kappa shape index (κ1) is 16.7. The molecule has 20 heavy (non-hydrogen) atoms. The molecular weight excluding hydrogens is 250 g/mol. The van der Waals surface area contributed by atoms with Crippen LogP contribution >= 0.6 is 0 Å². The fraction of sp³-hybridized carbons (Fsp3) is 0.562. The number of nitrogens with one attached hydrogen (secondary N) is 1. The summed E-state index contributed by atoms with van der Waals surface area (Å²) in [6, 6.07) is 9.41. The number of benzene rings is 1. The zero-order valence-electron chi connectivity index (χ0n) is 12.6. The lowest BCUT2D eigenvalue weighted by Crippen LogP contribution is -2.42. The Balaban J connectivity index is 2.22. The van der Waals surface area contributed by atoms with Crippen molar-refractivity contribution in [2.24, 2.45) is 5.73 Å². The molecule has 3 N–H and O–H groups in total. The molecule has 0 heterocycles. The summed E-state index contributed by atoms with van der Waals surface area (Å²) in [5.74, 6) is -0.0617. The minimum Gasteiger partial charge on any atom is -0.355 e. The van der Waals surface area contributed by atoms with Gasteiger partial charge in [-0.1, -0.05) is 44.2 Å². The van der Waals surface area contributed by atoms with Gasteiger partial charge in [0.2, 0.25) is 5.91 Å². The lowest BCUT2D eigenvalue weighted by molar-refractivity contribution is -0.122. The molecule has 0 aliphatic rings. The third-order valence-electron chi connectivity index (χ3n) is 3.48. The number of carbonyl (C=O) groups excluding carboxylic acids is 1. The molecule has 1 atom stereocenters. The van der Waals surface area contributed by atoms with Crippen LogP contribution in [0.3, 0.4) is 0 Å². The zero-order valence-corrected chi connectivity index (χ0v) is 12.6. The van der Waals surface area contributed by atoms with Crippen LogP contribution in [-0.2, 0) is 11.2 Å². The van der Waals surface area contributed by atoms with Crippen molar-refractivity contribution in [1.82, 2.24) is 10.2 Å². The highest BCUT2D eigenvalue weighted by Crippen LogP contribution is 2.01. The highest BCUT2D eigenvalue weighted by Gasteiger charge is 2.13. The first-order valence-corrected chi connectivity index (χ1v) is 7.47. The Labute approximate surface area is 122 Å². The predicted molar refractivity (Wildman–Crippen MR) is 83.5 cm³/mol. The SMILES string of the molecule is CCN(CC)CCCNC(=O)[C@H](N)Cc1ccccc1. The average molecular weight is 277 g/mol. The molecule has 0 aliphatic carbocycles. The minimum atomic E-state index is -0.467. The lowest BCUT2D eigenvalue weighted by atomic mass is 10.1. The topological polar surface area (TPSA) is 58.4 Å². The standard InChI is InChI=1S/C16H27N3O/c1-3-19(4-2)12-8-11-18-16(20)15(17)13-14-9-6-5-7-10-14/h5-7,9-10,15H,3-4,8,11-13,17H2,1-2H3,(H,18,20)/t15-/m1/s1. The molecule has 0 saturated carbocycles. The maximum absolute atomic E-state index is 11.9. The minimum absolute atomic E-state index is 0.0617. The van der Waals surface area contributed by atoms with Gasteiger partial charge in [-0.15, -0.1) is 0 Å². The van der Waals surface area contributed by atoms with Crippen LogP contribution in [0, 0.1) is 0 Å². The molecule has 112 valence electrons. The summed E-state index contributed by atoms with van der Waals surface area (Å²) in [5, 5.41) is 2.92. The highest BCUT2D eigenvalue weighted by atomic mass is 16.2. The van der Waals surface area contributed by atoms with E-state index in [0.717, 1.165) is 31.6 Å². The molecule has 0 aromatic heterocycles. The van der Waals surface area contributed by atoms with Gasteiger partial charge < -0.3 is 16.0 Å².